The molecule has 0 aliphatic carbocycles. The minimum Gasteiger partial charge on any atom is -0.322 e. The number of carbonyl (C=O) groups is 1. The fraction of sp³-hybridized carbons (Fsp3) is 0.286. The van der Waals surface area contributed by atoms with Crippen LogP contribution in [0.2, 0.25) is 0 Å². The molecule has 0 aliphatic rings. The van der Waals surface area contributed by atoms with Gasteiger partial charge in [0.2, 0.25) is 0 Å². The molecule has 0 atom stereocenters. The predicted octanol–water partition coefficient (Wildman–Crippen LogP) is -0.200. The first-order chi connectivity index (χ1) is 9.49. The summed E-state index contributed by atoms with van der Waals surface area (Å²) in [5.74, 6) is 0.334. The van der Waals surface area contributed by atoms with Crippen molar-refractivity contribution in [2.24, 2.45) is 5.73 Å². The van der Waals surface area contributed by atoms with Crippen LogP contribution in [0.3, 0.4) is 0 Å². The second kappa shape index (κ2) is 5.64. The quantitative estimate of drug-likeness (QED) is 0.521. The molecule has 0 radical (unpaired) electrons. The Balaban J connectivity index is 2.40. The smallest absolute Gasteiger partial charge is 0.322 e. The van der Waals surface area contributed by atoms with E-state index in [-0.39, 0.29) is 11.9 Å². The molecular weight excluding hydrogens is 254 g/mol. The van der Waals surface area contributed by atoms with Crippen LogP contribution in [0.15, 0.2) is 18.2 Å². The highest BCUT2D eigenvalue weighted by Gasteiger charge is 2.10. The number of hydrogen-bond donors (Lipinski definition) is 3. The van der Waals surface area contributed by atoms with E-state index in [1.807, 2.05) is 32.0 Å². The lowest BCUT2D eigenvalue weighted by molar-refractivity contribution is -0.367. The average molecular weight is 272 g/mol. The van der Waals surface area contributed by atoms with Gasteiger partial charge in [0.05, 0.1) is 5.69 Å². The van der Waals surface area contributed by atoms with Crippen LogP contribution in [0.5, 0.6) is 0 Å². The molecule has 0 saturated carbocycles. The van der Waals surface area contributed by atoms with Crippen molar-refractivity contribution < 1.29 is 9.79 Å². The lowest BCUT2D eigenvalue weighted by Crippen LogP contribution is -2.75. The highest BCUT2D eigenvalue weighted by atomic mass is 16.1. The van der Waals surface area contributed by atoms with Gasteiger partial charge >= 0.3 is 5.95 Å². The van der Waals surface area contributed by atoms with E-state index in [1.165, 1.54) is 0 Å². The van der Waals surface area contributed by atoms with Gasteiger partial charge in [-0.2, -0.15) is 0 Å². The number of aromatic nitrogens is 2. The van der Waals surface area contributed by atoms with Crippen molar-refractivity contribution in [1.29, 1.82) is 0 Å². The number of guanidine groups is 1. The summed E-state index contributed by atoms with van der Waals surface area (Å²) in [6.07, 6.45) is 0.360. The maximum absolute atomic E-state index is 11.2. The largest absolute Gasteiger partial charge is 0.354 e. The lowest BCUT2D eigenvalue weighted by atomic mass is 10.1. The van der Waals surface area contributed by atoms with Crippen LogP contribution in [0, 0.1) is 13.8 Å². The first-order valence-electron chi connectivity index (χ1n) is 6.44. The van der Waals surface area contributed by atoms with Crippen LogP contribution in [-0.2, 0) is 4.79 Å². The molecule has 6 nitrogen and oxygen atoms in total. The van der Waals surface area contributed by atoms with Crippen LogP contribution >= 0.6 is 0 Å². The van der Waals surface area contributed by atoms with Gasteiger partial charge in [0, 0.05) is 11.8 Å². The van der Waals surface area contributed by atoms with Crippen LogP contribution in [-0.4, -0.2) is 21.8 Å². The van der Waals surface area contributed by atoms with Gasteiger partial charge < -0.3 is 5.73 Å². The average Bonchev–Trinajstić information content (AvgIpc) is 2.37. The Morgan fingerprint density at radius 3 is 2.80 bits per heavy atom. The van der Waals surface area contributed by atoms with E-state index in [0.29, 0.717) is 12.4 Å². The van der Waals surface area contributed by atoms with E-state index in [9.17, 15) is 4.79 Å². The zero-order chi connectivity index (χ0) is 14.7. The number of rotatable bonds is 2. The predicted molar refractivity (Wildman–Crippen MR) is 77.3 cm³/mol. The molecule has 104 valence electrons. The number of nitrogens with zero attached hydrogens (tertiary/aromatic N) is 2. The van der Waals surface area contributed by atoms with Crippen LogP contribution < -0.4 is 16.0 Å². The molecule has 1 amide bonds. The zero-order valence-electron chi connectivity index (χ0n) is 11.8. The molecule has 2 rings (SSSR count). The summed E-state index contributed by atoms with van der Waals surface area (Å²) >= 11 is 0. The molecule has 20 heavy (non-hydrogen) atoms. The highest BCUT2D eigenvalue weighted by Crippen LogP contribution is 2.16. The maximum atomic E-state index is 11.2. The molecular formula is C14H18N5O+. The summed E-state index contributed by atoms with van der Waals surface area (Å²) in [7, 11) is 0. The van der Waals surface area contributed by atoms with E-state index in [4.69, 9.17) is 5.73 Å². The van der Waals surface area contributed by atoms with E-state index < -0.39 is 0 Å². The van der Waals surface area contributed by atoms with Gasteiger partial charge in [0.25, 0.3) is 11.9 Å². The summed E-state index contributed by atoms with van der Waals surface area (Å²) in [4.78, 5) is 22.8. The molecule has 0 spiro atoms. The summed E-state index contributed by atoms with van der Waals surface area (Å²) in [5.41, 5.74) is 8.52. The van der Waals surface area contributed by atoms with Crippen molar-refractivity contribution in [1.82, 2.24) is 15.3 Å². The number of fused-ring (bicyclic) bond motifs is 1. The molecule has 1 aromatic carbocycles. The topological polar surface area (TPSA) is 94.9 Å². The van der Waals surface area contributed by atoms with Gasteiger partial charge in [-0.05, 0) is 31.5 Å². The fourth-order valence-corrected chi connectivity index (χ4v) is 1.84. The lowest BCUT2D eigenvalue weighted by Gasteiger charge is -2.01. The van der Waals surface area contributed by atoms with Crippen molar-refractivity contribution >= 4 is 28.7 Å². The Hall–Kier alpha value is -2.50. The third kappa shape index (κ3) is 3.09. The molecule has 6 heteroatoms. The molecule has 0 saturated heterocycles. The Morgan fingerprint density at radius 2 is 2.10 bits per heavy atom. The summed E-state index contributed by atoms with van der Waals surface area (Å²) in [6.45, 7) is 5.67. The Morgan fingerprint density at radius 1 is 1.35 bits per heavy atom. The van der Waals surface area contributed by atoms with Crippen molar-refractivity contribution in [3.05, 3.63) is 29.5 Å². The van der Waals surface area contributed by atoms with Crippen molar-refractivity contribution in [2.45, 2.75) is 27.2 Å². The highest BCUT2D eigenvalue weighted by molar-refractivity contribution is 5.93. The second-order valence-corrected chi connectivity index (χ2v) is 4.59. The molecule has 0 aliphatic heterocycles. The van der Waals surface area contributed by atoms with E-state index in [1.54, 1.807) is 6.92 Å². The second-order valence-electron chi connectivity index (χ2n) is 4.59. The van der Waals surface area contributed by atoms with E-state index in [0.717, 1.165) is 22.2 Å². The van der Waals surface area contributed by atoms with Gasteiger partial charge in [-0.25, -0.2) is 10.3 Å². The van der Waals surface area contributed by atoms with Gasteiger partial charge in [0.15, 0.2) is 0 Å². The number of nitrogens with one attached hydrogen (secondary N) is 2. The van der Waals surface area contributed by atoms with Crippen molar-refractivity contribution in [3.8, 4) is 0 Å². The first-order valence-corrected chi connectivity index (χ1v) is 6.44. The molecule has 0 unspecified atom stereocenters. The fourth-order valence-electron chi connectivity index (χ4n) is 1.84. The van der Waals surface area contributed by atoms with Gasteiger partial charge in [-0.3, -0.25) is 4.79 Å². The van der Waals surface area contributed by atoms with Crippen molar-refractivity contribution in [2.75, 3.05) is 0 Å². The number of carbonyl (C=O) groups excluding carboxylic acids is 1. The maximum Gasteiger partial charge on any atom is 0.354 e. The number of amides is 1. The standard InChI is InChI=1S/C14H17N5O/c1-4-12(20)18-13(15)19-14-16-9(3)10-6-5-8(2)7-11(10)17-14/h5-7H,4H2,1-3H3,(H3,15,16,17,18,19,20)/p+1. The van der Waals surface area contributed by atoms with Crippen molar-refractivity contribution in [3.63, 3.8) is 0 Å². The van der Waals surface area contributed by atoms with Gasteiger partial charge in [0.1, 0.15) is 5.52 Å². The molecule has 1 aromatic heterocycles. The van der Waals surface area contributed by atoms with Crippen LogP contribution in [0.4, 0.5) is 5.95 Å². The SMILES string of the molecule is CCC(=O)N/C(N)=[NH+]/c1nc(C)c2ccc(C)cc2n1. The third-order valence-corrected chi connectivity index (χ3v) is 2.88. The summed E-state index contributed by atoms with van der Waals surface area (Å²) < 4.78 is 0. The monoisotopic (exact) mass is 272 g/mol. The molecule has 0 fully saturated rings. The number of hydrogen-bond acceptors (Lipinski definition) is 3. The van der Waals surface area contributed by atoms with E-state index >= 15 is 0 Å². The number of aryl methyl sites for hydroxylation is 2. The summed E-state index contributed by atoms with van der Waals surface area (Å²) in [5, 5.41) is 3.52. The minimum atomic E-state index is -0.164. The summed E-state index contributed by atoms with van der Waals surface area (Å²) in [6, 6.07) is 6.00. The number of benzene rings is 1. The Labute approximate surface area is 117 Å². The zero-order valence-corrected chi connectivity index (χ0v) is 11.8. The Kier molecular flexibility index (Phi) is 3.93. The van der Waals surface area contributed by atoms with Gasteiger partial charge in [-0.15, -0.1) is 9.97 Å². The minimum absolute atomic E-state index is 0.128. The Bertz CT molecular complexity index is 693. The number of nitrogens with two attached hydrogens (primary N) is 1. The van der Waals surface area contributed by atoms with Gasteiger partial charge in [-0.1, -0.05) is 13.0 Å². The molecule has 2 aromatic rings. The normalized spacial score (nSPS) is 11.7. The molecule has 0 bridgehead atoms. The molecule has 1 heterocycles. The third-order valence-electron chi connectivity index (χ3n) is 2.88. The van der Waals surface area contributed by atoms with Crippen LogP contribution in [0.1, 0.15) is 24.6 Å². The molecule has 4 N–H and O–H groups in total. The van der Waals surface area contributed by atoms with E-state index in [2.05, 4.69) is 20.3 Å². The van der Waals surface area contributed by atoms with Crippen LogP contribution in [0.25, 0.3) is 10.9 Å². The first kappa shape index (κ1) is 13.9.